The number of piperidine rings is 1. The highest BCUT2D eigenvalue weighted by atomic mass is 16.4. The molecule has 5 nitrogen and oxygen atoms in total. The minimum Gasteiger partial charge on any atom is -0.388 e. The van der Waals surface area contributed by atoms with Gasteiger partial charge in [0, 0.05) is 6.42 Å². The van der Waals surface area contributed by atoms with Crippen molar-refractivity contribution in [3.05, 3.63) is 0 Å². The molecule has 0 bridgehead atoms. The molecule has 0 aliphatic carbocycles. The molecule has 5 heteroatoms. The van der Waals surface area contributed by atoms with Crippen LogP contribution in [0.4, 0.5) is 0 Å². The molecule has 2 fully saturated rings. The van der Waals surface area contributed by atoms with Crippen molar-refractivity contribution < 1.29 is 20.1 Å². The van der Waals surface area contributed by atoms with Crippen molar-refractivity contribution in [2.24, 2.45) is 0 Å². The molecule has 2 aliphatic rings. The smallest absolute Gasteiger partial charge is 0.225 e. The minimum absolute atomic E-state index is 0.181. The fourth-order valence-electron chi connectivity index (χ4n) is 2.16. The number of nitrogens with zero attached hydrogens (tertiary/aromatic N) is 1. The first kappa shape index (κ1) is 8.93. The monoisotopic (exact) mass is 187 g/mol. The van der Waals surface area contributed by atoms with Gasteiger partial charge in [0.05, 0.1) is 6.04 Å². The van der Waals surface area contributed by atoms with Crippen LogP contribution in [0.15, 0.2) is 0 Å². The highest BCUT2D eigenvalue weighted by molar-refractivity contribution is 5.78. The summed E-state index contributed by atoms with van der Waals surface area (Å²) >= 11 is 0. The zero-order valence-corrected chi connectivity index (χ0v) is 7.13. The molecule has 2 heterocycles. The lowest BCUT2D eigenvalue weighted by Crippen LogP contribution is -2.46. The molecule has 0 saturated carbocycles. The summed E-state index contributed by atoms with van der Waals surface area (Å²) in [6.07, 6.45) is -1.68. The molecule has 0 radical (unpaired) electrons. The van der Waals surface area contributed by atoms with Gasteiger partial charge in [-0.25, -0.2) is 0 Å². The number of hydrogen-bond acceptors (Lipinski definition) is 4. The van der Waals surface area contributed by atoms with Crippen LogP contribution in [-0.2, 0) is 4.79 Å². The van der Waals surface area contributed by atoms with E-state index >= 15 is 0 Å². The number of rotatable bonds is 0. The average molecular weight is 187 g/mol. The van der Waals surface area contributed by atoms with Gasteiger partial charge in [-0.2, -0.15) is 0 Å². The predicted molar refractivity (Wildman–Crippen MR) is 42.5 cm³/mol. The first-order valence-corrected chi connectivity index (χ1v) is 4.48. The fraction of sp³-hybridized carbons (Fsp3) is 0.875. The van der Waals surface area contributed by atoms with E-state index in [0.29, 0.717) is 12.8 Å². The molecule has 0 spiro atoms. The second-order valence-electron chi connectivity index (χ2n) is 3.66. The Morgan fingerprint density at radius 3 is 2.54 bits per heavy atom. The Morgan fingerprint density at radius 1 is 1.23 bits per heavy atom. The number of aliphatic hydroxyl groups is 3. The van der Waals surface area contributed by atoms with Crippen LogP contribution < -0.4 is 0 Å². The third kappa shape index (κ3) is 1.15. The number of amides is 1. The first-order chi connectivity index (χ1) is 6.13. The standard InChI is InChI=1S/C8H13NO4/c10-5-3-1-2-4-6(11)7(12)8(13)9(4)5/h4,6-8,11-13H,1-3H2. The van der Waals surface area contributed by atoms with Crippen molar-refractivity contribution in [1.82, 2.24) is 4.90 Å². The summed E-state index contributed by atoms with van der Waals surface area (Å²) in [4.78, 5) is 12.5. The van der Waals surface area contributed by atoms with Crippen LogP contribution in [0, 0.1) is 0 Å². The molecular weight excluding hydrogens is 174 g/mol. The zero-order valence-electron chi connectivity index (χ0n) is 7.13. The summed E-state index contributed by atoms with van der Waals surface area (Å²) in [5.74, 6) is -0.181. The highest BCUT2D eigenvalue weighted by Crippen LogP contribution is 2.31. The molecule has 74 valence electrons. The summed E-state index contributed by atoms with van der Waals surface area (Å²) < 4.78 is 0. The van der Waals surface area contributed by atoms with Crippen LogP contribution >= 0.6 is 0 Å². The van der Waals surface area contributed by atoms with Crippen molar-refractivity contribution in [1.29, 1.82) is 0 Å². The first-order valence-electron chi connectivity index (χ1n) is 4.48. The van der Waals surface area contributed by atoms with E-state index in [1.54, 1.807) is 0 Å². The lowest BCUT2D eigenvalue weighted by molar-refractivity contribution is -0.147. The number of hydrogen-bond donors (Lipinski definition) is 3. The van der Waals surface area contributed by atoms with Crippen molar-refractivity contribution in [2.75, 3.05) is 0 Å². The lowest BCUT2D eigenvalue weighted by atomic mass is 10.00. The zero-order chi connectivity index (χ0) is 9.59. The van der Waals surface area contributed by atoms with Crippen molar-refractivity contribution >= 4 is 5.91 Å². The van der Waals surface area contributed by atoms with Crippen molar-refractivity contribution in [3.8, 4) is 0 Å². The van der Waals surface area contributed by atoms with Crippen LogP contribution in [-0.4, -0.2) is 50.6 Å². The molecular formula is C8H13NO4. The van der Waals surface area contributed by atoms with Crippen molar-refractivity contribution in [2.45, 2.75) is 43.7 Å². The topological polar surface area (TPSA) is 81.0 Å². The molecule has 13 heavy (non-hydrogen) atoms. The maximum atomic E-state index is 11.3. The molecule has 4 atom stereocenters. The third-order valence-electron chi connectivity index (χ3n) is 2.87. The summed E-state index contributed by atoms with van der Waals surface area (Å²) in [6.45, 7) is 0. The van der Waals surface area contributed by atoms with Gasteiger partial charge in [-0.05, 0) is 12.8 Å². The van der Waals surface area contributed by atoms with Gasteiger partial charge in [0.2, 0.25) is 5.91 Å². The fourth-order valence-corrected chi connectivity index (χ4v) is 2.16. The molecule has 4 unspecified atom stereocenters. The number of carbonyl (C=O) groups is 1. The van der Waals surface area contributed by atoms with Gasteiger partial charge in [0.1, 0.15) is 12.2 Å². The Balaban J connectivity index is 2.24. The van der Waals surface area contributed by atoms with E-state index in [1.165, 1.54) is 4.90 Å². The van der Waals surface area contributed by atoms with E-state index in [9.17, 15) is 20.1 Å². The van der Waals surface area contributed by atoms with Crippen LogP contribution in [0.2, 0.25) is 0 Å². The average Bonchev–Trinajstić information content (AvgIpc) is 2.33. The predicted octanol–water partition coefficient (Wildman–Crippen LogP) is -1.58. The van der Waals surface area contributed by atoms with Gasteiger partial charge in [0.25, 0.3) is 0 Å². The summed E-state index contributed by atoms with van der Waals surface area (Å²) in [7, 11) is 0. The van der Waals surface area contributed by atoms with E-state index in [-0.39, 0.29) is 5.91 Å². The van der Waals surface area contributed by atoms with E-state index < -0.39 is 24.5 Å². The molecule has 2 rings (SSSR count). The molecule has 0 aromatic rings. The normalized spacial score (nSPS) is 45.2. The molecule has 2 saturated heterocycles. The van der Waals surface area contributed by atoms with Gasteiger partial charge in [-0.15, -0.1) is 0 Å². The SMILES string of the molecule is O=C1CCCC2C(O)C(O)C(O)N12. The van der Waals surface area contributed by atoms with Crippen LogP contribution in [0.3, 0.4) is 0 Å². The number of fused-ring (bicyclic) bond motifs is 1. The Bertz CT molecular complexity index is 232. The third-order valence-corrected chi connectivity index (χ3v) is 2.87. The Hall–Kier alpha value is -0.650. The molecule has 1 amide bonds. The van der Waals surface area contributed by atoms with E-state index in [4.69, 9.17) is 0 Å². The second kappa shape index (κ2) is 2.94. The van der Waals surface area contributed by atoms with Crippen LogP contribution in [0.1, 0.15) is 19.3 Å². The quantitative estimate of drug-likeness (QED) is 0.427. The summed E-state index contributed by atoms with van der Waals surface area (Å²) in [5, 5.41) is 28.2. The largest absolute Gasteiger partial charge is 0.388 e. The maximum absolute atomic E-state index is 11.3. The van der Waals surface area contributed by atoms with Crippen molar-refractivity contribution in [3.63, 3.8) is 0 Å². The van der Waals surface area contributed by atoms with Crippen LogP contribution in [0.25, 0.3) is 0 Å². The molecule has 0 aromatic carbocycles. The molecule has 3 N–H and O–H groups in total. The van der Waals surface area contributed by atoms with E-state index in [0.717, 1.165) is 6.42 Å². The van der Waals surface area contributed by atoms with Gasteiger partial charge in [-0.1, -0.05) is 0 Å². The Kier molecular flexibility index (Phi) is 2.02. The molecule has 0 aromatic heterocycles. The van der Waals surface area contributed by atoms with Gasteiger partial charge in [-0.3, -0.25) is 4.79 Å². The van der Waals surface area contributed by atoms with Gasteiger partial charge >= 0.3 is 0 Å². The van der Waals surface area contributed by atoms with E-state index in [2.05, 4.69) is 0 Å². The second-order valence-corrected chi connectivity index (χ2v) is 3.66. The lowest BCUT2D eigenvalue weighted by Gasteiger charge is -2.31. The maximum Gasteiger partial charge on any atom is 0.225 e. The number of aliphatic hydroxyl groups excluding tert-OH is 3. The Morgan fingerprint density at radius 2 is 1.92 bits per heavy atom. The number of carbonyl (C=O) groups excluding carboxylic acids is 1. The van der Waals surface area contributed by atoms with Crippen LogP contribution in [0.5, 0.6) is 0 Å². The van der Waals surface area contributed by atoms with Gasteiger partial charge in [0.15, 0.2) is 6.23 Å². The van der Waals surface area contributed by atoms with Gasteiger partial charge < -0.3 is 20.2 Å². The summed E-state index contributed by atoms with van der Waals surface area (Å²) in [6, 6.07) is -0.397. The summed E-state index contributed by atoms with van der Waals surface area (Å²) in [5.41, 5.74) is 0. The molecule has 2 aliphatic heterocycles. The van der Waals surface area contributed by atoms with E-state index in [1.807, 2.05) is 0 Å². The highest BCUT2D eigenvalue weighted by Gasteiger charge is 2.50. The Labute approximate surface area is 75.6 Å². The minimum atomic E-state index is -1.23.